The van der Waals surface area contributed by atoms with Crippen molar-refractivity contribution in [2.75, 3.05) is 19.8 Å². The predicted molar refractivity (Wildman–Crippen MR) is 100 cm³/mol. The molecule has 0 heterocycles. The van der Waals surface area contributed by atoms with Crippen molar-refractivity contribution in [1.82, 2.24) is 0 Å². The molecule has 0 atom stereocenters. The normalized spacial score (nSPS) is 11.8. The Morgan fingerprint density at radius 3 is 1.96 bits per heavy atom. The quantitative estimate of drug-likeness (QED) is 0.456. The van der Waals surface area contributed by atoms with Gasteiger partial charge in [0.2, 0.25) is 0 Å². The van der Waals surface area contributed by atoms with E-state index in [2.05, 4.69) is 27.7 Å². The molecule has 0 saturated carbocycles. The van der Waals surface area contributed by atoms with Gasteiger partial charge in [0, 0.05) is 13.0 Å². The third-order valence-electron chi connectivity index (χ3n) is 3.71. The maximum atomic E-state index is 10.4. The van der Waals surface area contributed by atoms with Gasteiger partial charge < -0.3 is 20.3 Å². The summed E-state index contributed by atoms with van der Waals surface area (Å²) in [4.78, 5) is 10.4. The number of ether oxygens (including phenoxy) is 2. The minimum absolute atomic E-state index is 0.170. The van der Waals surface area contributed by atoms with Crippen molar-refractivity contribution in [1.29, 1.82) is 0 Å². The number of rotatable bonds is 14. The maximum Gasteiger partial charge on any atom is 0.303 e. The van der Waals surface area contributed by atoms with E-state index in [0.717, 1.165) is 38.5 Å². The molecule has 146 valence electrons. The number of hydrogen-bond acceptors (Lipinski definition) is 4. The molecule has 3 N–H and O–H groups in total. The molecule has 0 unspecified atom stereocenters. The van der Waals surface area contributed by atoms with Crippen LogP contribution in [0.2, 0.25) is 0 Å². The Hall–Kier alpha value is -0.650. The summed E-state index contributed by atoms with van der Waals surface area (Å²) in [6.07, 6.45) is 5.61. The monoisotopic (exact) mass is 347 g/mol. The van der Waals surface area contributed by atoms with Gasteiger partial charge >= 0.3 is 5.97 Å². The molecular formula is C19H41NO4. The van der Waals surface area contributed by atoms with Crippen molar-refractivity contribution >= 4 is 5.97 Å². The van der Waals surface area contributed by atoms with Crippen LogP contribution in [0.25, 0.3) is 0 Å². The summed E-state index contributed by atoms with van der Waals surface area (Å²) in [6.45, 7) is 14.3. The number of carbonyl (C=O) groups is 1. The summed E-state index contributed by atoms with van der Waals surface area (Å²) in [5.41, 5.74) is 5.10. The fourth-order valence-electron chi connectivity index (χ4n) is 2.15. The molecule has 24 heavy (non-hydrogen) atoms. The van der Waals surface area contributed by atoms with E-state index in [0.29, 0.717) is 19.8 Å². The summed E-state index contributed by atoms with van der Waals surface area (Å²) in [5.74, 6) is -0.715. The molecule has 0 radical (unpaired) electrons. The third-order valence-corrected chi connectivity index (χ3v) is 3.71. The second-order valence-corrected chi connectivity index (χ2v) is 7.06. The van der Waals surface area contributed by atoms with E-state index in [4.69, 9.17) is 20.3 Å². The molecule has 0 aliphatic rings. The van der Waals surface area contributed by atoms with Crippen molar-refractivity contribution in [2.24, 2.45) is 5.73 Å². The summed E-state index contributed by atoms with van der Waals surface area (Å²) < 4.78 is 11.8. The zero-order valence-electron chi connectivity index (χ0n) is 16.8. The second-order valence-electron chi connectivity index (χ2n) is 7.06. The molecule has 5 nitrogen and oxygen atoms in total. The first kappa shape index (κ1) is 25.6. The minimum Gasteiger partial charge on any atom is -0.481 e. The van der Waals surface area contributed by atoms with Crippen LogP contribution in [0.1, 0.15) is 86.5 Å². The van der Waals surface area contributed by atoms with E-state index in [1.165, 1.54) is 0 Å². The summed E-state index contributed by atoms with van der Waals surface area (Å²) in [5, 5.41) is 8.60. The average molecular weight is 348 g/mol. The van der Waals surface area contributed by atoms with Crippen LogP contribution in [0.5, 0.6) is 0 Å². The Labute approximate surface area is 149 Å². The first-order valence-electron chi connectivity index (χ1n) is 9.38. The molecule has 0 rings (SSSR count). The first-order chi connectivity index (χ1) is 11.2. The van der Waals surface area contributed by atoms with Gasteiger partial charge in [-0.2, -0.15) is 0 Å². The minimum atomic E-state index is -0.715. The molecule has 0 aliphatic heterocycles. The Morgan fingerprint density at radius 2 is 1.42 bits per heavy atom. The highest BCUT2D eigenvalue weighted by Gasteiger charge is 2.22. The van der Waals surface area contributed by atoms with E-state index in [-0.39, 0.29) is 17.6 Å². The molecule has 0 aromatic carbocycles. The molecule has 0 fully saturated rings. The Bertz CT molecular complexity index is 304. The van der Waals surface area contributed by atoms with Gasteiger partial charge in [-0.1, -0.05) is 26.7 Å². The van der Waals surface area contributed by atoms with E-state index in [1.54, 1.807) is 0 Å². The van der Waals surface area contributed by atoms with Crippen molar-refractivity contribution in [3.05, 3.63) is 0 Å². The number of carboxylic acid groups (broad SMARTS) is 1. The SMILES string of the molecule is CC.CC(C)(CCCCCC(=O)O)OCCC(C)(C)OCCCN. The Balaban J connectivity index is 0. The molecule has 0 saturated heterocycles. The molecule has 0 spiro atoms. The molecule has 0 aromatic heterocycles. The molecule has 0 aromatic rings. The van der Waals surface area contributed by atoms with E-state index in [9.17, 15) is 4.79 Å². The highest BCUT2D eigenvalue weighted by atomic mass is 16.5. The first-order valence-corrected chi connectivity index (χ1v) is 9.38. The maximum absolute atomic E-state index is 10.4. The van der Waals surface area contributed by atoms with Crippen molar-refractivity contribution in [2.45, 2.75) is 97.7 Å². The highest BCUT2D eigenvalue weighted by molar-refractivity contribution is 5.66. The van der Waals surface area contributed by atoms with Crippen LogP contribution in [0, 0.1) is 0 Å². The van der Waals surface area contributed by atoms with E-state index < -0.39 is 5.97 Å². The van der Waals surface area contributed by atoms with Crippen LogP contribution in [0.3, 0.4) is 0 Å². The number of aliphatic carboxylic acids is 1. The smallest absolute Gasteiger partial charge is 0.303 e. The largest absolute Gasteiger partial charge is 0.481 e. The van der Waals surface area contributed by atoms with Crippen LogP contribution in [-0.2, 0) is 14.3 Å². The van der Waals surface area contributed by atoms with Gasteiger partial charge in [0.25, 0.3) is 0 Å². The lowest BCUT2D eigenvalue weighted by molar-refractivity contribution is -0.137. The fraction of sp³-hybridized carbons (Fsp3) is 0.947. The molecule has 0 bridgehead atoms. The Kier molecular flexibility index (Phi) is 15.6. The van der Waals surface area contributed by atoms with E-state index >= 15 is 0 Å². The summed E-state index contributed by atoms with van der Waals surface area (Å²) >= 11 is 0. The van der Waals surface area contributed by atoms with E-state index in [1.807, 2.05) is 13.8 Å². The number of nitrogens with two attached hydrogens (primary N) is 1. The van der Waals surface area contributed by atoms with Gasteiger partial charge in [-0.25, -0.2) is 0 Å². The Morgan fingerprint density at radius 1 is 0.875 bits per heavy atom. The topological polar surface area (TPSA) is 81.8 Å². The van der Waals surface area contributed by atoms with Gasteiger partial charge in [-0.15, -0.1) is 0 Å². The lowest BCUT2D eigenvalue weighted by Crippen LogP contribution is -2.31. The fourth-order valence-corrected chi connectivity index (χ4v) is 2.15. The van der Waals surface area contributed by atoms with Gasteiger partial charge in [0.05, 0.1) is 17.8 Å². The standard InChI is InChI=1S/C17H35NO4.C2H6/c1-16(2,10-7-5-6-9-15(19)20)22-14-11-17(3,4)21-13-8-12-18;1-2/h5-14,18H2,1-4H3,(H,19,20);1-2H3. The number of unbranched alkanes of at least 4 members (excludes halogenated alkanes) is 2. The third kappa shape index (κ3) is 17.7. The van der Waals surface area contributed by atoms with Gasteiger partial charge in [-0.3, -0.25) is 4.79 Å². The molecular weight excluding hydrogens is 306 g/mol. The zero-order chi connectivity index (χ0) is 19.1. The zero-order valence-corrected chi connectivity index (χ0v) is 16.8. The lowest BCUT2D eigenvalue weighted by atomic mass is 9.99. The lowest BCUT2D eigenvalue weighted by Gasteiger charge is -2.30. The van der Waals surface area contributed by atoms with Gasteiger partial charge in [-0.05, 0) is 59.9 Å². The molecule has 0 aliphatic carbocycles. The van der Waals surface area contributed by atoms with Crippen LogP contribution in [0.15, 0.2) is 0 Å². The number of hydrogen-bond donors (Lipinski definition) is 2. The summed E-state index contributed by atoms with van der Waals surface area (Å²) in [6, 6.07) is 0. The van der Waals surface area contributed by atoms with Crippen LogP contribution in [0.4, 0.5) is 0 Å². The highest BCUT2D eigenvalue weighted by Crippen LogP contribution is 2.22. The van der Waals surface area contributed by atoms with Crippen LogP contribution < -0.4 is 5.73 Å². The molecule has 0 amide bonds. The van der Waals surface area contributed by atoms with Crippen molar-refractivity contribution in [3.8, 4) is 0 Å². The second kappa shape index (κ2) is 14.7. The van der Waals surface area contributed by atoms with Crippen LogP contribution >= 0.6 is 0 Å². The van der Waals surface area contributed by atoms with Gasteiger partial charge in [0.15, 0.2) is 0 Å². The average Bonchev–Trinajstić information content (AvgIpc) is 2.48. The van der Waals surface area contributed by atoms with Crippen molar-refractivity contribution in [3.63, 3.8) is 0 Å². The summed E-state index contributed by atoms with van der Waals surface area (Å²) in [7, 11) is 0. The molecule has 5 heteroatoms. The predicted octanol–water partition coefficient (Wildman–Crippen LogP) is 4.38. The van der Waals surface area contributed by atoms with Crippen molar-refractivity contribution < 1.29 is 19.4 Å². The van der Waals surface area contributed by atoms with Gasteiger partial charge in [0.1, 0.15) is 0 Å². The number of carboxylic acids is 1. The van der Waals surface area contributed by atoms with Crippen LogP contribution in [-0.4, -0.2) is 42.0 Å².